The van der Waals surface area contributed by atoms with E-state index in [0.717, 1.165) is 23.4 Å². The van der Waals surface area contributed by atoms with E-state index in [1.807, 2.05) is 6.92 Å². The number of sulfonamides is 1. The van der Waals surface area contributed by atoms with E-state index in [1.165, 1.54) is 28.6 Å². The van der Waals surface area contributed by atoms with Crippen LogP contribution in [-0.4, -0.2) is 30.7 Å². The lowest BCUT2D eigenvalue weighted by Crippen LogP contribution is -2.30. The number of hydrogen-bond acceptors (Lipinski definition) is 7. The predicted octanol–water partition coefficient (Wildman–Crippen LogP) is 4.48. The Balaban J connectivity index is 2.03. The average Bonchev–Trinajstić information content (AvgIpc) is 2.74. The van der Waals surface area contributed by atoms with E-state index in [1.54, 1.807) is 26.0 Å². The molecule has 32 heavy (non-hydrogen) atoms. The van der Waals surface area contributed by atoms with Crippen LogP contribution >= 0.6 is 0 Å². The number of nitro groups is 1. The molecule has 0 unspecified atom stereocenters. The highest BCUT2D eigenvalue weighted by Gasteiger charge is 2.26. The molecule has 10 heteroatoms. The molecule has 0 atom stereocenters. The quantitative estimate of drug-likeness (QED) is 0.262. The van der Waals surface area contributed by atoms with Gasteiger partial charge in [0.15, 0.2) is 0 Å². The number of aryl methyl sites for hydroxylation is 1. The number of nitro benzene ring substituents is 1. The molecule has 9 nitrogen and oxygen atoms in total. The largest absolute Gasteiger partial charge is 0.450 e. The molecule has 0 aliphatic heterocycles. The van der Waals surface area contributed by atoms with Crippen LogP contribution in [0, 0.1) is 10.1 Å². The highest BCUT2D eigenvalue weighted by Crippen LogP contribution is 2.35. The van der Waals surface area contributed by atoms with Crippen molar-refractivity contribution in [3.8, 4) is 11.5 Å². The van der Waals surface area contributed by atoms with Crippen molar-refractivity contribution in [1.29, 1.82) is 0 Å². The zero-order valence-corrected chi connectivity index (χ0v) is 18.8. The molecule has 0 bridgehead atoms. The lowest BCUT2D eigenvalue weighted by atomic mass is 10.1. The lowest BCUT2D eigenvalue weighted by molar-refractivity contribution is -0.385. The molecule has 0 radical (unpaired) electrons. The van der Waals surface area contributed by atoms with Gasteiger partial charge in [-0.1, -0.05) is 27.2 Å². The van der Waals surface area contributed by atoms with Crippen LogP contribution in [0.3, 0.4) is 0 Å². The highest BCUT2D eigenvalue weighted by atomic mass is 32.2. The Morgan fingerprint density at radius 1 is 1.06 bits per heavy atom. The number of hydrogen-bond donors (Lipinski definition) is 0. The zero-order chi connectivity index (χ0) is 23.5. The van der Waals surface area contributed by atoms with E-state index in [0.29, 0.717) is 12.0 Å². The molecule has 3 rings (SSSR count). The van der Waals surface area contributed by atoms with Crippen molar-refractivity contribution in [1.82, 2.24) is 4.31 Å². The minimum Gasteiger partial charge on any atom is -0.450 e. The molecular formula is C22H24N2O7S. The van der Waals surface area contributed by atoms with Crippen molar-refractivity contribution >= 4 is 26.7 Å². The summed E-state index contributed by atoms with van der Waals surface area (Å²) in [7, 11) is -3.87. The van der Waals surface area contributed by atoms with Gasteiger partial charge in [0.05, 0.1) is 9.82 Å². The molecule has 1 heterocycles. The zero-order valence-electron chi connectivity index (χ0n) is 18.0. The predicted molar refractivity (Wildman–Crippen MR) is 120 cm³/mol. The molecule has 0 fully saturated rings. The van der Waals surface area contributed by atoms with Crippen LogP contribution < -0.4 is 10.4 Å². The smallest absolute Gasteiger partial charge is 0.336 e. The second-order valence-corrected chi connectivity index (χ2v) is 9.01. The molecule has 3 aromatic rings. The van der Waals surface area contributed by atoms with Crippen LogP contribution in [0.1, 0.15) is 32.8 Å². The first-order valence-electron chi connectivity index (χ1n) is 10.2. The summed E-state index contributed by atoms with van der Waals surface area (Å²) in [5.74, 6) is 0.0941. The fourth-order valence-corrected chi connectivity index (χ4v) is 4.95. The van der Waals surface area contributed by atoms with Crippen LogP contribution in [0.25, 0.3) is 11.0 Å². The molecule has 0 saturated carbocycles. The second kappa shape index (κ2) is 9.49. The molecule has 0 saturated heterocycles. The molecule has 170 valence electrons. The van der Waals surface area contributed by atoms with Crippen molar-refractivity contribution in [2.45, 2.75) is 38.5 Å². The van der Waals surface area contributed by atoms with Crippen molar-refractivity contribution < 1.29 is 22.5 Å². The molecule has 1 aromatic heterocycles. The van der Waals surface area contributed by atoms with Gasteiger partial charge >= 0.3 is 11.3 Å². The molecule has 0 N–H and O–H groups in total. The maximum absolute atomic E-state index is 12.7. The summed E-state index contributed by atoms with van der Waals surface area (Å²) >= 11 is 0. The second-order valence-electron chi connectivity index (χ2n) is 7.08. The van der Waals surface area contributed by atoms with Crippen molar-refractivity contribution in [2.24, 2.45) is 0 Å². The maximum Gasteiger partial charge on any atom is 0.336 e. The van der Waals surface area contributed by atoms with Gasteiger partial charge in [-0.05, 0) is 36.2 Å². The molecule has 0 aliphatic rings. The average molecular weight is 461 g/mol. The number of fused-ring (bicyclic) bond motifs is 1. The van der Waals surface area contributed by atoms with E-state index < -0.39 is 26.3 Å². The first-order valence-corrected chi connectivity index (χ1v) is 11.7. The Labute approximate surface area is 185 Å². The summed E-state index contributed by atoms with van der Waals surface area (Å²) in [5, 5.41) is 12.4. The number of rotatable bonds is 9. The summed E-state index contributed by atoms with van der Waals surface area (Å²) in [4.78, 5) is 22.6. The number of benzene rings is 2. The van der Waals surface area contributed by atoms with Gasteiger partial charge in [0.25, 0.3) is 0 Å². The van der Waals surface area contributed by atoms with Crippen LogP contribution in [0.2, 0.25) is 0 Å². The third-order valence-corrected chi connectivity index (χ3v) is 7.06. The van der Waals surface area contributed by atoms with Crippen molar-refractivity contribution in [3.05, 3.63) is 68.6 Å². The van der Waals surface area contributed by atoms with E-state index in [2.05, 4.69) is 0 Å². The molecule has 0 spiro atoms. The Morgan fingerprint density at radius 2 is 1.78 bits per heavy atom. The van der Waals surface area contributed by atoms with Gasteiger partial charge in [-0.3, -0.25) is 10.1 Å². The minimum atomic E-state index is -3.87. The van der Waals surface area contributed by atoms with Crippen molar-refractivity contribution in [3.63, 3.8) is 0 Å². The van der Waals surface area contributed by atoms with Gasteiger partial charge in [0.2, 0.25) is 15.8 Å². The monoisotopic (exact) mass is 460 g/mol. The third-order valence-electron chi connectivity index (χ3n) is 5.02. The van der Waals surface area contributed by atoms with E-state index in [4.69, 9.17) is 9.15 Å². The van der Waals surface area contributed by atoms with E-state index in [-0.39, 0.29) is 29.5 Å². The van der Waals surface area contributed by atoms with Gasteiger partial charge in [0.1, 0.15) is 11.3 Å². The minimum absolute atomic E-state index is 0.125. The third kappa shape index (κ3) is 4.66. The molecule has 0 aliphatic carbocycles. The first-order chi connectivity index (χ1) is 15.2. The van der Waals surface area contributed by atoms with Gasteiger partial charge in [-0.2, -0.15) is 4.31 Å². The molecule has 2 aromatic carbocycles. The van der Waals surface area contributed by atoms with Crippen LogP contribution in [0.5, 0.6) is 11.5 Å². The maximum atomic E-state index is 12.7. The summed E-state index contributed by atoms with van der Waals surface area (Å²) in [6.07, 6.45) is 1.56. The summed E-state index contributed by atoms with van der Waals surface area (Å²) in [6.45, 7) is 5.87. The Hall–Kier alpha value is -3.24. The Morgan fingerprint density at radius 3 is 2.41 bits per heavy atom. The topological polar surface area (TPSA) is 120 Å². The molecular weight excluding hydrogens is 436 g/mol. The Bertz CT molecular complexity index is 1310. The van der Waals surface area contributed by atoms with Gasteiger partial charge in [0, 0.05) is 36.7 Å². The summed E-state index contributed by atoms with van der Waals surface area (Å²) < 4.78 is 37.6. The standard InChI is InChI=1S/C22H24N2O7S/c1-4-7-15-12-22(25)31-21-13-16(8-10-18(15)21)30-20-11-9-17(14-19(20)24(26)27)32(28,29)23(5-2)6-3/h8-14H,4-7H2,1-3H3. The van der Waals surface area contributed by atoms with Crippen LogP contribution in [0.4, 0.5) is 5.69 Å². The lowest BCUT2D eigenvalue weighted by Gasteiger charge is -2.18. The highest BCUT2D eigenvalue weighted by molar-refractivity contribution is 7.89. The fraction of sp³-hybridized carbons (Fsp3) is 0.318. The number of nitrogens with zero attached hydrogens (tertiary/aromatic N) is 2. The number of ether oxygens (including phenoxy) is 1. The summed E-state index contributed by atoms with van der Waals surface area (Å²) in [5.41, 5.74) is 0.179. The fourth-order valence-electron chi connectivity index (χ4n) is 3.48. The summed E-state index contributed by atoms with van der Waals surface area (Å²) in [6, 6.07) is 9.80. The normalized spacial score (nSPS) is 11.8. The van der Waals surface area contributed by atoms with Crippen LogP contribution in [0.15, 0.2) is 56.6 Å². The Kier molecular flexibility index (Phi) is 6.95. The van der Waals surface area contributed by atoms with Gasteiger partial charge in [-0.25, -0.2) is 13.2 Å². The first kappa shape index (κ1) is 23.4. The van der Waals surface area contributed by atoms with Gasteiger partial charge < -0.3 is 9.15 Å². The van der Waals surface area contributed by atoms with Crippen LogP contribution in [-0.2, 0) is 16.4 Å². The van der Waals surface area contributed by atoms with E-state index >= 15 is 0 Å². The van der Waals surface area contributed by atoms with Gasteiger partial charge in [-0.15, -0.1) is 0 Å². The molecule has 0 amide bonds. The van der Waals surface area contributed by atoms with Crippen molar-refractivity contribution in [2.75, 3.05) is 13.1 Å². The SMILES string of the molecule is CCCc1cc(=O)oc2cc(Oc3ccc(S(=O)(=O)N(CC)CC)cc3[N+](=O)[O-])ccc12. The van der Waals surface area contributed by atoms with E-state index in [9.17, 15) is 23.3 Å².